The number of nitrogens with zero attached hydrogens (tertiary/aromatic N) is 2. The Balaban J connectivity index is 1.20. The van der Waals surface area contributed by atoms with Crippen LogP contribution in [0.15, 0.2) is 53.4 Å². The van der Waals surface area contributed by atoms with Gasteiger partial charge in [-0.15, -0.1) is 0 Å². The Morgan fingerprint density at radius 2 is 1.48 bits per heavy atom. The van der Waals surface area contributed by atoms with E-state index in [1.54, 1.807) is 19.2 Å². The number of piperidine rings is 2. The van der Waals surface area contributed by atoms with Gasteiger partial charge in [0.2, 0.25) is 10.0 Å². The molecule has 180 valence electrons. The minimum Gasteiger partial charge on any atom is -0.497 e. The van der Waals surface area contributed by atoms with Gasteiger partial charge in [-0.05, 0) is 100 Å². The van der Waals surface area contributed by atoms with E-state index in [1.807, 2.05) is 36.4 Å². The molecule has 2 saturated heterocycles. The van der Waals surface area contributed by atoms with Crippen molar-refractivity contribution in [3.63, 3.8) is 0 Å². The molecule has 2 aromatic carbocycles. The minimum atomic E-state index is -3.49. The molecule has 0 aromatic heterocycles. The van der Waals surface area contributed by atoms with Crippen LogP contribution >= 0.6 is 0 Å². The Hall–Kier alpha value is -1.93. The molecule has 0 radical (unpaired) electrons. The molecular formula is C26H37N3O3S. The Labute approximate surface area is 199 Å². The number of sulfonamides is 1. The monoisotopic (exact) mass is 471 g/mol. The van der Waals surface area contributed by atoms with Gasteiger partial charge in [0, 0.05) is 12.6 Å². The highest BCUT2D eigenvalue weighted by atomic mass is 32.2. The molecule has 0 bridgehead atoms. The van der Waals surface area contributed by atoms with E-state index in [2.05, 4.69) is 14.5 Å². The summed E-state index contributed by atoms with van der Waals surface area (Å²) in [6.45, 7) is 6.21. The summed E-state index contributed by atoms with van der Waals surface area (Å²) >= 11 is 0. The molecule has 0 unspecified atom stereocenters. The lowest BCUT2D eigenvalue weighted by molar-refractivity contribution is 0.0923. The van der Waals surface area contributed by atoms with E-state index < -0.39 is 10.0 Å². The summed E-state index contributed by atoms with van der Waals surface area (Å²) in [5, 5.41) is 0. The van der Waals surface area contributed by atoms with E-state index in [-0.39, 0.29) is 0 Å². The number of hydrogen-bond donors (Lipinski definition) is 1. The molecule has 0 spiro atoms. The zero-order chi connectivity index (χ0) is 23.1. The van der Waals surface area contributed by atoms with Crippen molar-refractivity contribution in [3.05, 3.63) is 48.5 Å². The third-order valence-corrected chi connectivity index (χ3v) is 8.47. The third kappa shape index (κ3) is 6.57. The lowest BCUT2D eigenvalue weighted by Crippen LogP contribution is -2.47. The van der Waals surface area contributed by atoms with Crippen LogP contribution < -0.4 is 9.46 Å². The van der Waals surface area contributed by atoms with E-state index in [9.17, 15) is 8.42 Å². The van der Waals surface area contributed by atoms with Gasteiger partial charge in [0.1, 0.15) is 5.75 Å². The molecule has 0 atom stereocenters. The Bertz CT molecular complexity index is 963. The SMILES string of the molecule is COc1ccc(-c2ccc(S(=O)(=O)NCCCN3CCC(N4CCCCC4)CC3)cc2)cc1. The first-order valence-corrected chi connectivity index (χ1v) is 13.7. The molecule has 2 fully saturated rings. The fraction of sp³-hybridized carbons (Fsp3) is 0.538. The van der Waals surface area contributed by atoms with Crippen molar-refractivity contribution >= 4 is 10.0 Å². The maximum absolute atomic E-state index is 12.7. The second-order valence-corrected chi connectivity index (χ2v) is 10.9. The summed E-state index contributed by atoms with van der Waals surface area (Å²) in [5.41, 5.74) is 2.00. The van der Waals surface area contributed by atoms with Gasteiger partial charge in [0.05, 0.1) is 12.0 Å². The number of likely N-dealkylation sites (tertiary alicyclic amines) is 2. The smallest absolute Gasteiger partial charge is 0.240 e. The van der Waals surface area contributed by atoms with E-state index in [0.29, 0.717) is 11.4 Å². The number of rotatable bonds is 9. The second kappa shape index (κ2) is 11.5. The van der Waals surface area contributed by atoms with Crippen LogP contribution in [0, 0.1) is 0 Å². The van der Waals surface area contributed by atoms with E-state index >= 15 is 0 Å². The van der Waals surface area contributed by atoms with Crippen LogP contribution in [0.3, 0.4) is 0 Å². The van der Waals surface area contributed by atoms with Gasteiger partial charge in [-0.1, -0.05) is 30.7 Å². The van der Waals surface area contributed by atoms with Gasteiger partial charge in [0.25, 0.3) is 0 Å². The number of ether oxygens (including phenoxy) is 1. The van der Waals surface area contributed by atoms with Crippen molar-refractivity contribution in [2.75, 3.05) is 46.4 Å². The zero-order valence-electron chi connectivity index (χ0n) is 19.7. The number of hydrogen-bond acceptors (Lipinski definition) is 5. The highest BCUT2D eigenvalue weighted by molar-refractivity contribution is 7.89. The molecule has 2 aliphatic heterocycles. The van der Waals surface area contributed by atoms with Crippen LogP contribution in [0.1, 0.15) is 38.5 Å². The molecule has 0 aliphatic carbocycles. The molecule has 4 rings (SSSR count). The third-order valence-electron chi connectivity index (χ3n) is 7.00. The van der Waals surface area contributed by atoms with Crippen molar-refractivity contribution in [2.24, 2.45) is 0 Å². The quantitative estimate of drug-likeness (QED) is 0.561. The lowest BCUT2D eigenvalue weighted by atomic mass is 10.00. The van der Waals surface area contributed by atoms with E-state index in [4.69, 9.17) is 4.74 Å². The number of methoxy groups -OCH3 is 1. The van der Waals surface area contributed by atoms with Gasteiger partial charge in [-0.3, -0.25) is 0 Å². The largest absolute Gasteiger partial charge is 0.497 e. The Morgan fingerprint density at radius 3 is 2.09 bits per heavy atom. The van der Waals surface area contributed by atoms with Crippen LogP contribution in [0.5, 0.6) is 5.75 Å². The maximum Gasteiger partial charge on any atom is 0.240 e. The fourth-order valence-electron chi connectivity index (χ4n) is 4.99. The highest BCUT2D eigenvalue weighted by Crippen LogP contribution is 2.24. The highest BCUT2D eigenvalue weighted by Gasteiger charge is 2.25. The van der Waals surface area contributed by atoms with Gasteiger partial charge in [-0.25, -0.2) is 13.1 Å². The number of nitrogens with one attached hydrogen (secondary N) is 1. The van der Waals surface area contributed by atoms with Crippen LogP contribution in [-0.4, -0.2) is 70.6 Å². The summed E-state index contributed by atoms with van der Waals surface area (Å²) in [5.74, 6) is 0.800. The average Bonchev–Trinajstić information content (AvgIpc) is 2.88. The summed E-state index contributed by atoms with van der Waals surface area (Å²) < 4.78 is 33.3. The van der Waals surface area contributed by atoms with E-state index in [0.717, 1.165) is 49.0 Å². The van der Waals surface area contributed by atoms with Gasteiger partial charge in [-0.2, -0.15) is 0 Å². The second-order valence-electron chi connectivity index (χ2n) is 9.17. The van der Waals surface area contributed by atoms with Gasteiger partial charge >= 0.3 is 0 Å². The van der Waals surface area contributed by atoms with Gasteiger partial charge in [0.15, 0.2) is 0 Å². The van der Waals surface area contributed by atoms with Crippen molar-refractivity contribution in [1.29, 1.82) is 0 Å². The molecule has 6 nitrogen and oxygen atoms in total. The lowest BCUT2D eigenvalue weighted by Gasteiger charge is -2.40. The zero-order valence-corrected chi connectivity index (χ0v) is 20.5. The normalized spacial score (nSPS) is 18.9. The summed E-state index contributed by atoms with van der Waals surface area (Å²) in [4.78, 5) is 5.48. The summed E-state index contributed by atoms with van der Waals surface area (Å²) in [6, 6.07) is 15.5. The molecule has 33 heavy (non-hydrogen) atoms. The summed E-state index contributed by atoms with van der Waals surface area (Å²) in [6.07, 6.45) is 7.41. The first-order valence-electron chi connectivity index (χ1n) is 12.3. The predicted octanol–water partition coefficient (Wildman–Crippen LogP) is 3.98. The first-order chi connectivity index (χ1) is 16.0. The van der Waals surface area contributed by atoms with E-state index in [1.165, 1.54) is 45.2 Å². The van der Waals surface area contributed by atoms with Crippen LogP contribution in [0.4, 0.5) is 0 Å². The van der Waals surface area contributed by atoms with Crippen LogP contribution in [0.25, 0.3) is 11.1 Å². The fourth-order valence-corrected chi connectivity index (χ4v) is 6.07. The van der Waals surface area contributed by atoms with Crippen molar-refractivity contribution in [3.8, 4) is 16.9 Å². The van der Waals surface area contributed by atoms with Crippen molar-refractivity contribution in [1.82, 2.24) is 14.5 Å². The average molecular weight is 472 g/mol. The first kappa shape index (κ1) is 24.2. The molecule has 2 heterocycles. The maximum atomic E-state index is 12.7. The van der Waals surface area contributed by atoms with Crippen molar-refractivity contribution in [2.45, 2.75) is 49.5 Å². The molecular weight excluding hydrogens is 434 g/mol. The Morgan fingerprint density at radius 1 is 0.879 bits per heavy atom. The molecule has 2 aliphatic rings. The van der Waals surface area contributed by atoms with Gasteiger partial charge < -0.3 is 14.5 Å². The summed E-state index contributed by atoms with van der Waals surface area (Å²) in [7, 11) is -1.85. The molecule has 1 N–H and O–H groups in total. The number of benzene rings is 2. The van der Waals surface area contributed by atoms with Crippen molar-refractivity contribution < 1.29 is 13.2 Å². The molecule has 7 heteroatoms. The Kier molecular flexibility index (Phi) is 8.41. The minimum absolute atomic E-state index is 0.308. The topological polar surface area (TPSA) is 61.9 Å². The molecule has 0 saturated carbocycles. The molecule has 0 amide bonds. The standard InChI is InChI=1S/C26H37N3O3S/c1-32-25-10-6-22(7-11-25)23-8-12-26(13-9-23)33(30,31)27-16-5-17-28-20-14-24(15-21-28)29-18-3-2-4-19-29/h6-13,24,27H,2-5,14-21H2,1H3. The van der Waals surface area contributed by atoms with Crippen LogP contribution in [-0.2, 0) is 10.0 Å². The molecule has 2 aromatic rings. The predicted molar refractivity (Wildman–Crippen MR) is 133 cm³/mol. The van der Waals surface area contributed by atoms with Crippen LogP contribution in [0.2, 0.25) is 0 Å².